The molecule has 1 atom stereocenters. The molecule has 2 N–H and O–H groups in total. The molecule has 24 heavy (non-hydrogen) atoms. The first-order valence-corrected chi connectivity index (χ1v) is 8.66. The lowest BCUT2D eigenvalue weighted by Gasteiger charge is -2.13. The fourth-order valence-electron chi connectivity index (χ4n) is 2.36. The summed E-state index contributed by atoms with van der Waals surface area (Å²) in [6, 6.07) is 5.30. The van der Waals surface area contributed by atoms with E-state index in [1.807, 2.05) is 39.8 Å². The van der Waals surface area contributed by atoms with E-state index in [1.54, 1.807) is 17.4 Å². The van der Waals surface area contributed by atoms with Gasteiger partial charge in [0.1, 0.15) is 16.5 Å². The molecule has 0 saturated carbocycles. The predicted octanol–water partition coefficient (Wildman–Crippen LogP) is 3.93. The monoisotopic (exact) mass is 344 g/mol. The summed E-state index contributed by atoms with van der Waals surface area (Å²) in [7, 11) is 0. The topological polar surface area (TPSA) is 83.8 Å². The second-order valence-corrected chi connectivity index (χ2v) is 6.94. The number of nitrogens with one attached hydrogen (secondary N) is 2. The summed E-state index contributed by atoms with van der Waals surface area (Å²) in [5.74, 6) is 1.25. The molecule has 0 spiro atoms. The molecule has 0 aliphatic heterocycles. The highest BCUT2D eigenvalue weighted by atomic mass is 32.1. The zero-order valence-corrected chi connectivity index (χ0v) is 15.0. The van der Waals surface area contributed by atoms with E-state index >= 15 is 0 Å². The van der Waals surface area contributed by atoms with Crippen LogP contribution in [0.15, 0.2) is 22.6 Å². The van der Waals surface area contributed by atoms with Crippen molar-refractivity contribution in [1.82, 2.24) is 20.5 Å². The minimum Gasteiger partial charge on any atom is -0.460 e. The first-order chi connectivity index (χ1) is 11.5. The highest BCUT2D eigenvalue weighted by Crippen LogP contribution is 2.25. The molecule has 1 amide bonds. The van der Waals surface area contributed by atoms with Crippen LogP contribution in [0.2, 0.25) is 0 Å². The van der Waals surface area contributed by atoms with Crippen molar-refractivity contribution in [2.45, 2.75) is 40.2 Å². The molecule has 0 fully saturated rings. The molecule has 0 aromatic carbocycles. The van der Waals surface area contributed by atoms with Crippen LogP contribution in [0.4, 0.5) is 0 Å². The van der Waals surface area contributed by atoms with E-state index < -0.39 is 0 Å². The molecule has 3 heterocycles. The second-order valence-electron chi connectivity index (χ2n) is 5.71. The van der Waals surface area contributed by atoms with Gasteiger partial charge in [-0.25, -0.2) is 4.98 Å². The zero-order valence-electron chi connectivity index (χ0n) is 14.1. The molecule has 0 bridgehead atoms. The number of H-pyrrole nitrogens is 1. The number of furan rings is 1. The fraction of sp³-hybridized carbons (Fsp3) is 0.353. The highest BCUT2D eigenvalue weighted by molar-refractivity contribution is 7.11. The van der Waals surface area contributed by atoms with E-state index in [0.717, 1.165) is 22.9 Å². The summed E-state index contributed by atoms with van der Waals surface area (Å²) in [5.41, 5.74) is 2.03. The van der Waals surface area contributed by atoms with Crippen LogP contribution in [0.5, 0.6) is 0 Å². The van der Waals surface area contributed by atoms with Crippen molar-refractivity contribution in [2.75, 3.05) is 0 Å². The number of hydrogen-bond donors (Lipinski definition) is 2. The molecule has 0 saturated heterocycles. The van der Waals surface area contributed by atoms with Gasteiger partial charge in [0.05, 0.1) is 11.7 Å². The molecule has 6 nitrogen and oxygen atoms in total. The van der Waals surface area contributed by atoms with Crippen molar-refractivity contribution in [3.8, 4) is 11.5 Å². The van der Waals surface area contributed by atoms with Crippen LogP contribution < -0.4 is 5.32 Å². The number of thiazole rings is 1. The maximum atomic E-state index is 12.5. The molecule has 3 aromatic rings. The van der Waals surface area contributed by atoms with Crippen molar-refractivity contribution in [3.05, 3.63) is 45.2 Å². The van der Waals surface area contributed by atoms with Crippen molar-refractivity contribution >= 4 is 17.2 Å². The number of aromatic amines is 1. The van der Waals surface area contributed by atoms with E-state index in [-0.39, 0.29) is 11.9 Å². The van der Waals surface area contributed by atoms with Gasteiger partial charge < -0.3 is 9.73 Å². The van der Waals surface area contributed by atoms with E-state index in [0.29, 0.717) is 17.1 Å². The number of carbonyl (C=O) groups excluding carboxylic acids is 1. The minimum atomic E-state index is -0.224. The smallest absolute Gasteiger partial charge is 0.272 e. The minimum absolute atomic E-state index is 0.110. The van der Waals surface area contributed by atoms with Crippen LogP contribution in [-0.2, 0) is 0 Å². The van der Waals surface area contributed by atoms with E-state index in [2.05, 4.69) is 20.5 Å². The molecule has 7 heteroatoms. The molecule has 0 aliphatic carbocycles. The van der Waals surface area contributed by atoms with Crippen molar-refractivity contribution in [2.24, 2.45) is 0 Å². The van der Waals surface area contributed by atoms with Crippen LogP contribution in [0, 0.1) is 20.8 Å². The van der Waals surface area contributed by atoms with Gasteiger partial charge in [-0.2, -0.15) is 5.10 Å². The van der Waals surface area contributed by atoms with E-state index in [4.69, 9.17) is 4.42 Å². The zero-order chi connectivity index (χ0) is 17.3. The number of carbonyl (C=O) groups is 1. The Kier molecular flexibility index (Phi) is 4.53. The van der Waals surface area contributed by atoms with Crippen molar-refractivity contribution in [3.63, 3.8) is 0 Å². The Morgan fingerprint density at radius 2 is 2.17 bits per heavy atom. The van der Waals surface area contributed by atoms with Crippen LogP contribution >= 0.6 is 11.3 Å². The quantitative estimate of drug-likeness (QED) is 0.734. The second kappa shape index (κ2) is 6.60. The van der Waals surface area contributed by atoms with Gasteiger partial charge in [-0.05, 0) is 39.3 Å². The van der Waals surface area contributed by atoms with Crippen LogP contribution in [0.25, 0.3) is 11.5 Å². The SMILES string of the molecule is CC[C@@H](NC(=O)c1cc(-c2ccc(C)o2)[nH]n1)c1nc(C)c(C)s1. The van der Waals surface area contributed by atoms with Crippen molar-refractivity contribution < 1.29 is 9.21 Å². The summed E-state index contributed by atoms with van der Waals surface area (Å²) < 4.78 is 5.54. The van der Waals surface area contributed by atoms with Gasteiger partial charge in [-0.3, -0.25) is 9.89 Å². The van der Waals surface area contributed by atoms with Crippen molar-refractivity contribution in [1.29, 1.82) is 0 Å². The molecule has 0 unspecified atom stereocenters. The number of aryl methyl sites for hydroxylation is 3. The summed E-state index contributed by atoms with van der Waals surface area (Å²) in [4.78, 5) is 18.2. The molecular formula is C17H20N4O2S. The van der Waals surface area contributed by atoms with Gasteiger partial charge in [0.15, 0.2) is 11.5 Å². The van der Waals surface area contributed by atoms with Crippen LogP contribution in [0.3, 0.4) is 0 Å². The Labute approximate surface area is 144 Å². The molecule has 0 radical (unpaired) electrons. The largest absolute Gasteiger partial charge is 0.460 e. The molecular weight excluding hydrogens is 324 g/mol. The Balaban J connectivity index is 1.75. The first-order valence-electron chi connectivity index (χ1n) is 7.85. The first kappa shape index (κ1) is 16.4. The Hall–Kier alpha value is -2.41. The highest BCUT2D eigenvalue weighted by Gasteiger charge is 2.20. The molecule has 0 aliphatic rings. The standard InChI is InChI=1S/C17H20N4O2S/c1-5-12(17-18-10(3)11(4)24-17)19-16(22)14-8-13(20-21-14)15-7-6-9(2)23-15/h6-8,12H,5H2,1-4H3,(H,19,22)(H,20,21)/t12-/m1/s1. The maximum Gasteiger partial charge on any atom is 0.272 e. The van der Waals surface area contributed by atoms with E-state index in [1.165, 1.54) is 4.88 Å². The summed E-state index contributed by atoms with van der Waals surface area (Å²) in [5, 5.41) is 10.9. The fourth-order valence-corrected chi connectivity index (χ4v) is 3.42. The maximum absolute atomic E-state index is 12.5. The van der Waals surface area contributed by atoms with Crippen LogP contribution in [0.1, 0.15) is 51.2 Å². The average molecular weight is 344 g/mol. The lowest BCUT2D eigenvalue weighted by Crippen LogP contribution is -2.28. The molecule has 126 valence electrons. The predicted molar refractivity (Wildman–Crippen MR) is 93.1 cm³/mol. The van der Waals surface area contributed by atoms with Crippen LogP contribution in [-0.4, -0.2) is 21.1 Å². The van der Waals surface area contributed by atoms with Gasteiger partial charge in [0.2, 0.25) is 0 Å². The number of nitrogens with zero attached hydrogens (tertiary/aromatic N) is 2. The van der Waals surface area contributed by atoms with Gasteiger partial charge in [0.25, 0.3) is 5.91 Å². The van der Waals surface area contributed by atoms with E-state index in [9.17, 15) is 4.79 Å². The third-order valence-electron chi connectivity index (χ3n) is 3.87. The third kappa shape index (κ3) is 3.26. The Morgan fingerprint density at radius 1 is 1.38 bits per heavy atom. The number of amides is 1. The third-order valence-corrected chi connectivity index (χ3v) is 5.06. The lowest BCUT2D eigenvalue weighted by atomic mass is 10.2. The van der Waals surface area contributed by atoms with Gasteiger partial charge in [0, 0.05) is 10.9 Å². The summed E-state index contributed by atoms with van der Waals surface area (Å²) in [6.45, 7) is 7.92. The van der Waals surface area contributed by atoms with Gasteiger partial charge >= 0.3 is 0 Å². The Morgan fingerprint density at radius 3 is 2.75 bits per heavy atom. The normalized spacial score (nSPS) is 12.3. The Bertz CT molecular complexity index is 842. The summed E-state index contributed by atoms with van der Waals surface area (Å²) >= 11 is 1.62. The number of aromatic nitrogens is 3. The van der Waals surface area contributed by atoms with Gasteiger partial charge in [-0.1, -0.05) is 6.92 Å². The molecule has 3 rings (SSSR count). The summed E-state index contributed by atoms with van der Waals surface area (Å²) in [6.07, 6.45) is 0.771. The molecule has 3 aromatic heterocycles. The lowest BCUT2D eigenvalue weighted by molar-refractivity contribution is 0.0930. The van der Waals surface area contributed by atoms with Gasteiger partial charge in [-0.15, -0.1) is 11.3 Å². The average Bonchev–Trinajstić information content (AvgIpc) is 3.26. The number of hydrogen-bond acceptors (Lipinski definition) is 5. The number of rotatable bonds is 5.